The molecule has 0 fully saturated rings. The van der Waals surface area contributed by atoms with Crippen molar-refractivity contribution in [2.24, 2.45) is 0 Å². The maximum atomic E-state index is 8.34. The standard InChI is InChI=1S/Al.O.Rh.Zr.3H. The minimum atomic E-state index is 0. The summed E-state index contributed by atoms with van der Waals surface area (Å²) in [5.74, 6) is 0. The van der Waals surface area contributed by atoms with Crippen LogP contribution in [0.1, 0.15) is 0 Å². The summed E-state index contributed by atoms with van der Waals surface area (Å²) in [5.41, 5.74) is 0. The van der Waals surface area contributed by atoms with Crippen molar-refractivity contribution in [3.63, 3.8) is 0 Å². The summed E-state index contributed by atoms with van der Waals surface area (Å²) in [6.07, 6.45) is 0. The zero-order valence-electron chi connectivity index (χ0n) is 1.24. The molecule has 0 aliphatic rings. The molecule has 0 aromatic heterocycles. The van der Waals surface area contributed by atoms with Crippen molar-refractivity contribution >= 4 is 17.4 Å². The first-order valence-electron chi connectivity index (χ1n) is 0.204. The van der Waals surface area contributed by atoms with Crippen LogP contribution in [-0.2, 0) is 47.0 Å². The monoisotopic (exact) mass is 239 g/mol. The molecule has 25 valence electrons. The molecule has 0 heterocycles. The fraction of sp³-hybridized carbons (Fsp3) is 0. The molecule has 1 radical (unpaired) electrons. The second kappa shape index (κ2) is 21.1. The van der Waals surface area contributed by atoms with E-state index in [9.17, 15) is 0 Å². The van der Waals surface area contributed by atoms with Crippen molar-refractivity contribution in [1.29, 1.82) is 0 Å². The summed E-state index contributed by atoms with van der Waals surface area (Å²) in [5, 5.41) is 0. The van der Waals surface area contributed by atoms with Crippen LogP contribution < -0.4 is 0 Å². The molecule has 0 aliphatic carbocycles. The van der Waals surface area contributed by atoms with Gasteiger partial charge in [-0.15, -0.1) is 0 Å². The maximum absolute atomic E-state index is 8.34. The second-order valence-electron chi connectivity index (χ2n) is 0. The van der Waals surface area contributed by atoms with Crippen LogP contribution in [0.5, 0.6) is 0 Å². The Balaban J connectivity index is -0.00000000500. The average molecular weight is 240 g/mol. The van der Waals surface area contributed by atoms with Crippen LogP contribution in [0.25, 0.3) is 0 Å². The Bertz CT molecular complexity index is 8.00. The topological polar surface area (TPSA) is 17.1 Å². The van der Waals surface area contributed by atoms with Gasteiger partial charge in [-0.05, 0) is 0 Å². The molecule has 0 spiro atoms. The van der Waals surface area contributed by atoms with Gasteiger partial charge in [-0.3, -0.25) is 0 Å². The molecule has 1 nitrogen and oxygen atoms in total. The van der Waals surface area contributed by atoms with Gasteiger partial charge in [0.1, 0.15) is 0 Å². The Hall–Kier alpha value is 1.84. The molecular formula is H3AlORhZr. The Morgan fingerprint density at radius 1 is 1.25 bits per heavy atom. The molecule has 4 heavy (non-hydrogen) atoms. The largest absolute Gasteiger partial charge is 0 e. The summed E-state index contributed by atoms with van der Waals surface area (Å²) in [6, 6.07) is 0. The first-order chi connectivity index (χ1) is 1.00. The smallest absolute Gasteiger partial charge is 0 e. The molecule has 0 aromatic rings. The Labute approximate surface area is 63.7 Å². The van der Waals surface area contributed by atoms with Gasteiger partial charge >= 0.3 is 27.5 Å². The molecule has 0 unspecified atom stereocenters. The first kappa shape index (κ1) is 17.0. The molecule has 0 N–H and O–H groups in total. The molecule has 4 heteroatoms. The van der Waals surface area contributed by atoms with Crippen molar-refractivity contribution in [3.05, 3.63) is 0 Å². The van der Waals surface area contributed by atoms with Crippen molar-refractivity contribution in [2.45, 2.75) is 0 Å². The fourth-order valence-corrected chi connectivity index (χ4v) is 0. The van der Waals surface area contributed by atoms with E-state index in [4.69, 9.17) is 2.81 Å². The summed E-state index contributed by atoms with van der Waals surface area (Å²) in [4.78, 5) is 0. The molecule has 0 atom stereocenters. The van der Waals surface area contributed by atoms with Crippen LogP contribution in [0.15, 0.2) is 0 Å². The summed E-state index contributed by atoms with van der Waals surface area (Å²) >= 11 is 0.300. The van der Waals surface area contributed by atoms with Gasteiger partial charge in [0.25, 0.3) is 0 Å². The van der Waals surface area contributed by atoms with Crippen LogP contribution >= 0.6 is 0 Å². The maximum Gasteiger partial charge on any atom is 0 e. The zero-order valence-corrected chi connectivity index (χ0v) is 5.34. The predicted molar refractivity (Wildman–Crippen MR) is 10.6 cm³/mol. The number of rotatable bonds is 0. The third-order valence-corrected chi connectivity index (χ3v) is 0. The summed E-state index contributed by atoms with van der Waals surface area (Å²) in [6.45, 7) is 0. The van der Waals surface area contributed by atoms with E-state index < -0.39 is 0 Å². The molecule has 0 saturated carbocycles. The number of hydrogen-bond donors (Lipinski definition) is 0. The van der Waals surface area contributed by atoms with Gasteiger partial charge < -0.3 is 0 Å². The van der Waals surface area contributed by atoms with Gasteiger partial charge in [0.05, 0.1) is 0 Å². The van der Waals surface area contributed by atoms with E-state index in [0.29, 0.717) is 24.7 Å². The van der Waals surface area contributed by atoms with Gasteiger partial charge in [-0.25, -0.2) is 0 Å². The Kier molecular flexibility index (Phi) is 89.4. The molecule has 0 bridgehead atoms. The molecule has 0 rings (SSSR count). The zero-order chi connectivity index (χ0) is 2.00. The van der Waals surface area contributed by atoms with Crippen LogP contribution in [0, 0.1) is 0 Å². The molecule has 0 amide bonds. The van der Waals surface area contributed by atoms with Crippen LogP contribution in [0.2, 0.25) is 0 Å². The first-order valence-corrected chi connectivity index (χ1v) is 1.21. The van der Waals surface area contributed by atoms with Gasteiger partial charge in [0.15, 0.2) is 17.4 Å². The Morgan fingerprint density at radius 2 is 1.25 bits per heavy atom. The SMILES string of the molecule is [AlH3].[O]=[Zr].[Rh]. The average Bonchev–Trinajstić information content (AvgIpc) is 1.00. The van der Waals surface area contributed by atoms with E-state index in [1.54, 1.807) is 0 Å². The van der Waals surface area contributed by atoms with E-state index in [1.165, 1.54) is 0 Å². The third kappa shape index (κ3) is 9.15. The van der Waals surface area contributed by atoms with E-state index in [2.05, 4.69) is 0 Å². The van der Waals surface area contributed by atoms with Crippen molar-refractivity contribution < 1.29 is 47.0 Å². The van der Waals surface area contributed by atoms with Crippen LogP contribution in [0.3, 0.4) is 0 Å². The van der Waals surface area contributed by atoms with Gasteiger partial charge in [0.2, 0.25) is 0 Å². The van der Waals surface area contributed by atoms with Crippen molar-refractivity contribution in [2.75, 3.05) is 0 Å². The summed E-state index contributed by atoms with van der Waals surface area (Å²) < 4.78 is 8.34. The van der Waals surface area contributed by atoms with E-state index in [0.717, 1.165) is 0 Å². The Morgan fingerprint density at radius 3 is 1.25 bits per heavy atom. The minimum Gasteiger partial charge on any atom is 0 e. The normalized spacial score (nSPS) is 0.750. The van der Waals surface area contributed by atoms with Crippen molar-refractivity contribution in [1.82, 2.24) is 0 Å². The van der Waals surface area contributed by atoms with Gasteiger partial charge in [0, 0.05) is 19.5 Å². The van der Waals surface area contributed by atoms with Crippen LogP contribution in [0.4, 0.5) is 0 Å². The molecular weight excluding hydrogens is 237 g/mol. The predicted octanol–water partition coefficient (Wildman–Crippen LogP) is -1.31. The van der Waals surface area contributed by atoms with E-state index in [-0.39, 0.29) is 36.8 Å². The van der Waals surface area contributed by atoms with E-state index in [1.807, 2.05) is 0 Å². The molecule has 0 aromatic carbocycles. The van der Waals surface area contributed by atoms with Gasteiger partial charge in [-0.2, -0.15) is 0 Å². The third-order valence-electron chi connectivity index (χ3n) is 0. The van der Waals surface area contributed by atoms with Crippen LogP contribution in [-0.4, -0.2) is 17.4 Å². The number of hydrogen-bond acceptors (Lipinski definition) is 1. The van der Waals surface area contributed by atoms with Crippen molar-refractivity contribution in [3.8, 4) is 0 Å². The second-order valence-corrected chi connectivity index (χ2v) is 0. The quantitative estimate of drug-likeness (QED) is 0.481. The van der Waals surface area contributed by atoms with Gasteiger partial charge in [-0.1, -0.05) is 0 Å². The molecule has 0 saturated heterocycles. The van der Waals surface area contributed by atoms with E-state index >= 15 is 0 Å². The molecule has 0 aliphatic heterocycles. The minimum absolute atomic E-state index is 0. The summed E-state index contributed by atoms with van der Waals surface area (Å²) in [7, 11) is 0. The fourth-order valence-electron chi connectivity index (χ4n) is 0.